The fraction of sp³-hybridized carbons (Fsp3) is 0.680. The van der Waals surface area contributed by atoms with E-state index in [9.17, 15) is 9.18 Å². The number of fused-ring (bicyclic) bond motifs is 3. The predicted molar refractivity (Wildman–Crippen MR) is 133 cm³/mol. The van der Waals surface area contributed by atoms with Crippen LogP contribution in [-0.2, 0) is 4.74 Å². The maximum Gasteiger partial charge on any atom is 0.405 e. The highest BCUT2D eigenvalue weighted by Gasteiger charge is 2.72. The molecular formula is C25H31ClF2N6O3. The number of rotatable bonds is 5. The zero-order chi connectivity index (χ0) is 26.3. The topological polar surface area (TPSA) is 107 Å². The minimum Gasteiger partial charge on any atom is -0.461 e. The molecule has 4 aliphatic rings. The van der Waals surface area contributed by atoms with E-state index in [-0.39, 0.29) is 40.7 Å². The summed E-state index contributed by atoms with van der Waals surface area (Å²) in [5.41, 5.74) is 3.94. The lowest BCUT2D eigenvalue weighted by atomic mass is 9.81. The van der Waals surface area contributed by atoms with Crippen LogP contribution < -0.4 is 15.4 Å². The van der Waals surface area contributed by atoms with Crippen LogP contribution in [-0.4, -0.2) is 75.5 Å². The highest BCUT2D eigenvalue weighted by atomic mass is 35.5. The van der Waals surface area contributed by atoms with Gasteiger partial charge in [0.2, 0.25) is 0 Å². The van der Waals surface area contributed by atoms with Crippen LogP contribution in [0.2, 0.25) is 5.15 Å². The summed E-state index contributed by atoms with van der Waals surface area (Å²) in [6, 6.07) is -0.293. The zero-order valence-electron chi connectivity index (χ0n) is 21.1. The molecule has 0 spiro atoms. The number of alkyl halides is 1. The number of pyridine rings is 1. The zero-order valence-corrected chi connectivity index (χ0v) is 21.9. The van der Waals surface area contributed by atoms with Crippen LogP contribution in [0.15, 0.2) is 6.20 Å². The summed E-state index contributed by atoms with van der Waals surface area (Å²) >= 11 is 6.01. The van der Waals surface area contributed by atoms with Crippen molar-refractivity contribution in [2.45, 2.75) is 69.8 Å². The maximum atomic E-state index is 15.2. The van der Waals surface area contributed by atoms with Crippen molar-refractivity contribution in [3.63, 3.8) is 0 Å². The van der Waals surface area contributed by atoms with E-state index < -0.39 is 29.2 Å². The summed E-state index contributed by atoms with van der Waals surface area (Å²) in [4.78, 5) is 29.1. The molecule has 9 nitrogen and oxygen atoms in total. The van der Waals surface area contributed by atoms with Crippen molar-refractivity contribution in [1.82, 2.24) is 19.9 Å². The van der Waals surface area contributed by atoms with Gasteiger partial charge in [0.05, 0.1) is 17.0 Å². The first-order valence-electron chi connectivity index (χ1n) is 12.7. The molecule has 5 atom stereocenters. The Morgan fingerprint density at radius 3 is 2.81 bits per heavy atom. The third kappa shape index (κ3) is 3.88. The molecule has 1 unspecified atom stereocenters. The fourth-order valence-electron chi connectivity index (χ4n) is 7.19. The van der Waals surface area contributed by atoms with Gasteiger partial charge in [-0.3, -0.25) is 4.90 Å². The van der Waals surface area contributed by atoms with Crippen LogP contribution in [0.3, 0.4) is 0 Å². The van der Waals surface area contributed by atoms with Crippen molar-refractivity contribution < 1.29 is 23.0 Å². The Bertz CT molecular complexity index is 1280. The number of ether oxygens (including phenoxy) is 2. The lowest BCUT2D eigenvalue weighted by molar-refractivity contribution is 0.0464. The Kier molecular flexibility index (Phi) is 5.52. The third-order valence-corrected chi connectivity index (χ3v) is 8.77. The molecular weight excluding hydrogens is 506 g/mol. The van der Waals surface area contributed by atoms with Gasteiger partial charge >= 0.3 is 12.1 Å². The van der Waals surface area contributed by atoms with E-state index in [1.165, 1.54) is 6.20 Å². The van der Waals surface area contributed by atoms with Crippen molar-refractivity contribution in [2.24, 2.45) is 17.1 Å². The average Bonchev–Trinajstić information content (AvgIpc) is 3.05. The summed E-state index contributed by atoms with van der Waals surface area (Å²) in [6.45, 7) is 8.12. The second-order valence-corrected chi connectivity index (χ2v) is 12.4. The minimum atomic E-state index is -0.898. The number of nitrogens with zero attached hydrogens (tertiary/aromatic N) is 5. The Morgan fingerprint density at radius 2 is 2.08 bits per heavy atom. The average molecular weight is 537 g/mol. The summed E-state index contributed by atoms with van der Waals surface area (Å²) < 4.78 is 41.3. The molecule has 3 saturated heterocycles. The largest absolute Gasteiger partial charge is 0.461 e. The monoisotopic (exact) mass is 536 g/mol. The smallest absolute Gasteiger partial charge is 0.405 e. The first-order valence-corrected chi connectivity index (χ1v) is 13.1. The SMILES string of the molecule is CC(C)(C)C1N(c2nc(OC[C@@]34CCCN3C[C@H](F)C4)nc3c(F)c(Cl)ncc23)C[C@H]2C[C@@]12OC(N)=O. The number of halogens is 3. The molecule has 0 aromatic carbocycles. The molecule has 1 saturated carbocycles. The first kappa shape index (κ1) is 24.8. The van der Waals surface area contributed by atoms with E-state index in [1.54, 1.807) is 0 Å². The number of aromatic nitrogens is 3. The van der Waals surface area contributed by atoms with Gasteiger partial charge in [0.15, 0.2) is 11.0 Å². The maximum absolute atomic E-state index is 15.2. The molecule has 2 aromatic heterocycles. The van der Waals surface area contributed by atoms with Gasteiger partial charge in [-0.05, 0) is 31.2 Å². The number of carbonyl (C=O) groups is 1. The van der Waals surface area contributed by atoms with Crippen LogP contribution >= 0.6 is 11.6 Å². The highest BCUT2D eigenvalue weighted by molar-refractivity contribution is 6.30. The highest BCUT2D eigenvalue weighted by Crippen LogP contribution is 2.61. The van der Waals surface area contributed by atoms with E-state index >= 15 is 4.39 Å². The van der Waals surface area contributed by atoms with Crippen LogP contribution in [0.4, 0.5) is 19.4 Å². The van der Waals surface area contributed by atoms with Gasteiger partial charge in [-0.2, -0.15) is 9.97 Å². The molecule has 2 aromatic rings. The Labute approximate surface area is 218 Å². The molecule has 0 radical (unpaired) electrons. The van der Waals surface area contributed by atoms with E-state index in [2.05, 4.69) is 35.6 Å². The number of nitrogens with two attached hydrogens (primary N) is 1. The summed E-state index contributed by atoms with van der Waals surface area (Å²) in [5, 5.41) is 0.0780. The van der Waals surface area contributed by atoms with E-state index in [0.717, 1.165) is 19.4 Å². The molecule has 5 heterocycles. The predicted octanol–water partition coefficient (Wildman–Crippen LogP) is 3.86. The van der Waals surface area contributed by atoms with Gasteiger partial charge in [-0.1, -0.05) is 32.4 Å². The molecule has 1 aliphatic carbocycles. The van der Waals surface area contributed by atoms with Crippen molar-refractivity contribution in [2.75, 3.05) is 31.1 Å². The van der Waals surface area contributed by atoms with Crippen LogP contribution in [0.5, 0.6) is 6.01 Å². The van der Waals surface area contributed by atoms with Gasteiger partial charge in [-0.25, -0.2) is 18.6 Å². The van der Waals surface area contributed by atoms with Gasteiger partial charge in [0.25, 0.3) is 0 Å². The summed E-state index contributed by atoms with van der Waals surface area (Å²) in [7, 11) is 0. The minimum absolute atomic E-state index is 0.00586. The molecule has 6 rings (SSSR count). The Morgan fingerprint density at radius 1 is 1.30 bits per heavy atom. The van der Waals surface area contributed by atoms with E-state index in [4.69, 9.17) is 31.8 Å². The molecule has 4 fully saturated rings. The molecule has 200 valence electrons. The number of amides is 1. The number of piperidine rings is 1. The first-order chi connectivity index (χ1) is 17.4. The van der Waals surface area contributed by atoms with Crippen molar-refractivity contribution in [1.29, 1.82) is 0 Å². The van der Waals surface area contributed by atoms with Crippen molar-refractivity contribution in [3.05, 3.63) is 17.2 Å². The molecule has 12 heteroatoms. The number of carbonyl (C=O) groups excluding carboxylic acids is 1. The standard InChI is InChI=1S/C25H31ClF2N6O3/c1-23(2,3)20-25(37-21(29)35)7-13(25)10-34(20)19-15-9-30-18(26)16(28)17(15)31-22(32-19)36-12-24-5-4-6-33(24)11-14(27)8-24/h9,13-14,20H,4-8,10-12H2,1-3H3,(H2,29,35)/t13-,14-,20?,24+,25+/m1/s1. The normalized spacial score (nSPS) is 33.0. The van der Waals surface area contributed by atoms with Gasteiger partial charge in [0, 0.05) is 31.6 Å². The van der Waals surface area contributed by atoms with Crippen molar-refractivity contribution >= 4 is 34.4 Å². The number of hydrogen-bond donors (Lipinski definition) is 1. The van der Waals surface area contributed by atoms with Gasteiger partial charge in [-0.15, -0.1) is 0 Å². The molecule has 0 bridgehead atoms. The molecule has 1 amide bonds. The molecule has 3 aliphatic heterocycles. The lowest BCUT2D eigenvalue weighted by Gasteiger charge is -2.41. The van der Waals surface area contributed by atoms with Crippen molar-refractivity contribution in [3.8, 4) is 6.01 Å². The third-order valence-electron chi connectivity index (χ3n) is 8.50. The van der Waals surface area contributed by atoms with Gasteiger partial charge in [0.1, 0.15) is 29.7 Å². The second-order valence-electron chi connectivity index (χ2n) is 12.0. The lowest BCUT2D eigenvalue weighted by Crippen LogP contribution is -2.51. The fourth-order valence-corrected chi connectivity index (χ4v) is 7.33. The summed E-state index contributed by atoms with van der Waals surface area (Å²) in [6.07, 6.45) is 2.62. The van der Waals surface area contributed by atoms with E-state index in [1.807, 2.05) is 4.90 Å². The van der Waals surface area contributed by atoms with Crippen LogP contribution in [0.1, 0.15) is 46.5 Å². The summed E-state index contributed by atoms with van der Waals surface area (Å²) in [5.74, 6) is -0.273. The van der Waals surface area contributed by atoms with Gasteiger partial charge < -0.3 is 20.1 Å². The number of primary amides is 1. The van der Waals surface area contributed by atoms with Crippen LogP contribution in [0.25, 0.3) is 10.9 Å². The van der Waals surface area contributed by atoms with E-state index in [0.29, 0.717) is 37.1 Å². The number of anilines is 1. The Balaban J connectivity index is 1.41. The second kappa shape index (κ2) is 8.23. The molecule has 37 heavy (non-hydrogen) atoms. The quantitative estimate of drug-likeness (QED) is 0.574. The molecule has 2 N–H and O–H groups in total. The number of hydrogen-bond acceptors (Lipinski definition) is 8. The Hall–Kier alpha value is -2.53. The van der Waals surface area contributed by atoms with Crippen LogP contribution in [0, 0.1) is 17.2 Å².